The average molecular weight is 261 g/mol. The molecule has 0 unspecified atom stereocenters. The van der Waals surface area contributed by atoms with Crippen LogP contribution in [0.2, 0.25) is 0 Å². The summed E-state index contributed by atoms with van der Waals surface area (Å²) in [6, 6.07) is 9.48. The minimum Gasteiger partial charge on any atom is -0.331 e. The molecule has 1 aromatic rings. The molecular weight excluding hydrogens is 242 g/mol. The number of benzene rings is 1. The average Bonchev–Trinajstić information content (AvgIpc) is 2.60. The van der Waals surface area contributed by atoms with E-state index in [1.165, 1.54) is 4.90 Å². The third kappa shape index (κ3) is 3.05. The van der Waals surface area contributed by atoms with Gasteiger partial charge in [-0.3, -0.25) is 4.79 Å². The number of hydrogen-bond donors (Lipinski definition) is 0. The highest BCUT2D eigenvalue weighted by molar-refractivity contribution is 5.96. The Balaban J connectivity index is 2.12. The maximum Gasteiger partial charge on any atom is 0.319 e. The fourth-order valence-corrected chi connectivity index (χ4v) is 2.20. The highest BCUT2D eigenvalue weighted by atomic mass is 16.2. The lowest BCUT2D eigenvalue weighted by molar-refractivity contribution is -0.118. The topological polar surface area (TPSA) is 43.9 Å². The van der Waals surface area contributed by atoms with Crippen LogP contribution in [0.15, 0.2) is 30.3 Å². The van der Waals surface area contributed by atoms with Crippen LogP contribution in [0.1, 0.15) is 6.42 Å². The first-order chi connectivity index (χ1) is 9.09. The maximum absolute atomic E-state index is 12.3. The summed E-state index contributed by atoms with van der Waals surface area (Å²) in [5.74, 6) is -0.0288. The minimum absolute atomic E-state index is 0.0288. The molecule has 1 aliphatic rings. The lowest BCUT2D eigenvalue weighted by Crippen LogP contribution is -2.43. The van der Waals surface area contributed by atoms with E-state index in [1.807, 2.05) is 30.3 Å². The molecule has 0 aliphatic carbocycles. The van der Waals surface area contributed by atoms with Crippen molar-refractivity contribution in [1.29, 1.82) is 0 Å². The van der Waals surface area contributed by atoms with Crippen LogP contribution >= 0.6 is 0 Å². The summed E-state index contributed by atoms with van der Waals surface area (Å²) in [5.41, 5.74) is 0.895. The van der Waals surface area contributed by atoms with Crippen molar-refractivity contribution in [3.63, 3.8) is 0 Å². The largest absolute Gasteiger partial charge is 0.331 e. The molecule has 1 fully saturated rings. The number of nitrogens with zero attached hydrogens (tertiary/aromatic N) is 3. The number of carbonyl (C=O) groups is 2. The van der Waals surface area contributed by atoms with Crippen molar-refractivity contribution >= 4 is 17.6 Å². The lowest BCUT2D eigenvalue weighted by Gasteiger charge is -2.24. The smallest absolute Gasteiger partial charge is 0.319 e. The van der Waals surface area contributed by atoms with E-state index >= 15 is 0 Å². The molecule has 5 nitrogen and oxygen atoms in total. The number of hydrogen-bond acceptors (Lipinski definition) is 2. The lowest BCUT2D eigenvalue weighted by atomic mass is 10.2. The van der Waals surface area contributed by atoms with Gasteiger partial charge < -0.3 is 14.7 Å². The van der Waals surface area contributed by atoms with Crippen molar-refractivity contribution in [1.82, 2.24) is 9.80 Å². The maximum atomic E-state index is 12.3. The summed E-state index contributed by atoms with van der Waals surface area (Å²) >= 11 is 0. The fraction of sp³-hybridized carbons (Fsp3) is 0.429. The van der Waals surface area contributed by atoms with E-state index in [0.29, 0.717) is 13.1 Å². The normalized spacial score (nSPS) is 16.2. The molecule has 19 heavy (non-hydrogen) atoms. The molecule has 3 amide bonds. The van der Waals surface area contributed by atoms with E-state index in [2.05, 4.69) is 0 Å². The zero-order valence-corrected chi connectivity index (χ0v) is 11.4. The SMILES string of the molecule is CN(C)C(=O)N1CCCN(c2ccccc2)C(=O)C1. The van der Waals surface area contributed by atoms with Crippen molar-refractivity contribution in [3.05, 3.63) is 30.3 Å². The Labute approximate surface area is 113 Å². The molecule has 1 aromatic carbocycles. The molecule has 0 spiro atoms. The van der Waals surface area contributed by atoms with Gasteiger partial charge in [0.1, 0.15) is 6.54 Å². The van der Waals surface area contributed by atoms with E-state index in [9.17, 15) is 9.59 Å². The van der Waals surface area contributed by atoms with E-state index in [-0.39, 0.29) is 18.5 Å². The number of anilines is 1. The van der Waals surface area contributed by atoms with Gasteiger partial charge in [-0.25, -0.2) is 4.79 Å². The second kappa shape index (κ2) is 5.73. The zero-order valence-electron chi connectivity index (χ0n) is 11.4. The van der Waals surface area contributed by atoms with Gasteiger partial charge in [0.25, 0.3) is 0 Å². The van der Waals surface area contributed by atoms with Crippen molar-refractivity contribution in [2.75, 3.05) is 38.6 Å². The van der Waals surface area contributed by atoms with Crippen LogP contribution in [0.3, 0.4) is 0 Å². The molecule has 1 saturated heterocycles. The van der Waals surface area contributed by atoms with Crippen LogP contribution in [-0.4, -0.2) is 55.5 Å². The second-order valence-corrected chi connectivity index (χ2v) is 4.83. The van der Waals surface area contributed by atoms with Gasteiger partial charge in [0, 0.05) is 32.9 Å². The quantitative estimate of drug-likeness (QED) is 0.767. The summed E-state index contributed by atoms with van der Waals surface area (Å²) in [7, 11) is 3.40. The van der Waals surface area contributed by atoms with E-state index in [0.717, 1.165) is 12.1 Å². The third-order valence-electron chi connectivity index (χ3n) is 3.16. The molecule has 102 valence electrons. The van der Waals surface area contributed by atoms with Gasteiger partial charge in [0.2, 0.25) is 5.91 Å². The zero-order chi connectivity index (χ0) is 13.8. The summed E-state index contributed by atoms with van der Waals surface area (Å²) in [6.07, 6.45) is 0.792. The van der Waals surface area contributed by atoms with Gasteiger partial charge in [-0.1, -0.05) is 18.2 Å². The van der Waals surface area contributed by atoms with Crippen LogP contribution in [0.4, 0.5) is 10.5 Å². The van der Waals surface area contributed by atoms with Gasteiger partial charge >= 0.3 is 6.03 Å². The summed E-state index contributed by atoms with van der Waals surface area (Å²) in [6.45, 7) is 1.41. The van der Waals surface area contributed by atoms with Gasteiger partial charge in [-0.2, -0.15) is 0 Å². The van der Waals surface area contributed by atoms with Crippen molar-refractivity contribution in [3.8, 4) is 0 Å². The molecule has 2 rings (SSSR count). The molecule has 1 heterocycles. The Bertz CT molecular complexity index is 459. The van der Waals surface area contributed by atoms with E-state index < -0.39 is 0 Å². The predicted molar refractivity (Wildman–Crippen MR) is 74.1 cm³/mol. The molecule has 0 N–H and O–H groups in total. The highest BCUT2D eigenvalue weighted by Crippen LogP contribution is 2.17. The van der Waals surface area contributed by atoms with Crippen LogP contribution in [0.5, 0.6) is 0 Å². The van der Waals surface area contributed by atoms with E-state index in [1.54, 1.807) is 23.9 Å². The second-order valence-electron chi connectivity index (χ2n) is 4.83. The van der Waals surface area contributed by atoms with Crippen LogP contribution in [0.25, 0.3) is 0 Å². The molecule has 1 aliphatic heterocycles. The Morgan fingerprint density at radius 1 is 1.16 bits per heavy atom. The Kier molecular flexibility index (Phi) is 4.04. The molecular formula is C14H19N3O2. The van der Waals surface area contributed by atoms with Crippen LogP contribution in [0, 0.1) is 0 Å². The van der Waals surface area contributed by atoms with Gasteiger partial charge in [0.15, 0.2) is 0 Å². The molecule has 0 saturated carbocycles. The first-order valence-electron chi connectivity index (χ1n) is 6.41. The summed E-state index contributed by atoms with van der Waals surface area (Å²) in [4.78, 5) is 29.0. The molecule has 0 bridgehead atoms. The molecule has 5 heteroatoms. The number of carbonyl (C=O) groups excluding carboxylic acids is 2. The summed E-state index contributed by atoms with van der Waals surface area (Å²) in [5, 5.41) is 0. The highest BCUT2D eigenvalue weighted by Gasteiger charge is 2.26. The van der Waals surface area contributed by atoms with Crippen LogP contribution in [-0.2, 0) is 4.79 Å². The number of rotatable bonds is 1. The van der Waals surface area contributed by atoms with Gasteiger partial charge in [0.05, 0.1) is 0 Å². The minimum atomic E-state index is -0.108. The Morgan fingerprint density at radius 2 is 1.84 bits per heavy atom. The van der Waals surface area contributed by atoms with Gasteiger partial charge in [-0.05, 0) is 18.6 Å². The first-order valence-corrected chi connectivity index (χ1v) is 6.41. The van der Waals surface area contributed by atoms with Crippen molar-refractivity contribution < 1.29 is 9.59 Å². The Hall–Kier alpha value is -2.04. The monoisotopic (exact) mass is 261 g/mol. The number of amides is 3. The Morgan fingerprint density at radius 3 is 2.47 bits per heavy atom. The predicted octanol–water partition coefficient (Wildman–Crippen LogP) is 1.41. The molecule has 0 aromatic heterocycles. The molecule has 0 atom stereocenters. The van der Waals surface area contributed by atoms with Gasteiger partial charge in [-0.15, -0.1) is 0 Å². The first kappa shape index (κ1) is 13.4. The fourth-order valence-electron chi connectivity index (χ4n) is 2.20. The number of urea groups is 1. The van der Waals surface area contributed by atoms with E-state index in [4.69, 9.17) is 0 Å². The van der Waals surface area contributed by atoms with Crippen LogP contribution < -0.4 is 4.90 Å². The number of para-hydroxylation sites is 1. The van der Waals surface area contributed by atoms with Crippen molar-refractivity contribution in [2.45, 2.75) is 6.42 Å². The molecule has 0 radical (unpaired) electrons. The summed E-state index contributed by atoms with van der Waals surface area (Å²) < 4.78 is 0. The third-order valence-corrected chi connectivity index (χ3v) is 3.16. The van der Waals surface area contributed by atoms with Crippen molar-refractivity contribution in [2.24, 2.45) is 0 Å². The standard InChI is InChI=1S/C14H19N3O2/c1-15(2)14(19)16-9-6-10-17(13(18)11-16)12-7-4-3-5-8-12/h3-5,7-8H,6,9-11H2,1-2H3.